The van der Waals surface area contributed by atoms with Gasteiger partial charge in [0.2, 0.25) is 5.88 Å². The van der Waals surface area contributed by atoms with Crippen LogP contribution in [0.3, 0.4) is 0 Å². The molecule has 1 N–H and O–H groups in total. The standard InChI is InChI=1S/C16H20FN3O/c1-4-18-10-12-8-13(17)11-19-16(12)21-15-7-5-6-14(9-15)20(2)3/h5-9,11,18H,4,10H2,1-3H3. The van der Waals surface area contributed by atoms with Crippen LogP contribution >= 0.6 is 0 Å². The van der Waals surface area contributed by atoms with E-state index in [1.54, 1.807) is 0 Å². The fourth-order valence-corrected chi connectivity index (χ4v) is 1.88. The fraction of sp³-hybridized carbons (Fsp3) is 0.312. The van der Waals surface area contributed by atoms with Crippen molar-refractivity contribution >= 4 is 5.69 Å². The molecule has 0 saturated carbocycles. The number of anilines is 1. The number of pyridine rings is 1. The molecule has 1 heterocycles. The topological polar surface area (TPSA) is 37.4 Å². The van der Waals surface area contributed by atoms with Crippen molar-refractivity contribution < 1.29 is 9.13 Å². The Kier molecular flexibility index (Phi) is 5.11. The van der Waals surface area contributed by atoms with E-state index in [-0.39, 0.29) is 5.82 Å². The van der Waals surface area contributed by atoms with Crippen LogP contribution in [-0.4, -0.2) is 25.6 Å². The molecule has 0 unspecified atom stereocenters. The van der Waals surface area contributed by atoms with E-state index < -0.39 is 0 Å². The minimum atomic E-state index is -0.364. The van der Waals surface area contributed by atoms with Gasteiger partial charge in [-0.05, 0) is 24.7 Å². The second-order valence-electron chi connectivity index (χ2n) is 4.89. The Labute approximate surface area is 124 Å². The predicted octanol–water partition coefficient (Wildman–Crippen LogP) is 3.19. The average Bonchev–Trinajstić information content (AvgIpc) is 2.47. The van der Waals surface area contributed by atoms with Crippen molar-refractivity contribution in [1.82, 2.24) is 10.3 Å². The number of ether oxygens (including phenoxy) is 1. The molecule has 0 saturated heterocycles. The van der Waals surface area contributed by atoms with Crippen molar-refractivity contribution in [2.45, 2.75) is 13.5 Å². The first kappa shape index (κ1) is 15.3. The largest absolute Gasteiger partial charge is 0.439 e. The van der Waals surface area contributed by atoms with Gasteiger partial charge in [0.15, 0.2) is 0 Å². The quantitative estimate of drug-likeness (QED) is 0.886. The van der Waals surface area contributed by atoms with Crippen LogP contribution < -0.4 is 15.0 Å². The van der Waals surface area contributed by atoms with Gasteiger partial charge in [-0.2, -0.15) is 0 Å². The molecule has 2 aromatic rings. The molecule has 21 heavy (non-hydrogen) atoms. The van der Waals surface area contributed by atoms with Gasteiger partial charge in [0.1, 0.15) is 11.6 Å². The minimum Gasteiger partial charge on any atom is -0.439 e. The summed E-state index contributed by atoms with van der Waals surface area (Å²) in [5.74, 6) is 0.739. The molecule has 5 heteroatoms. The highest BCUT2D eigenvalue weighted by molar-refractivity contribution is 5.50. The lowest BCUT2D eigenvalue weighted by Crippen LogP contribution is -2.13. The number of hydrogen-bond donors (Lipinski definition) is 1. The highest BCUT2D eigenvalue weighted by Crippen LogP contribution is 2.26. The summed E-state index contributed by atoms with van der Waals surface area (Å²) in [5.41, 5.74) is 1.73. The maximum Gasteiger partial charge on any atom is 0.223 e. The van der Waals surface area contributed by atoms with E-state index in [0.717, 1.165) is 12.2 Å². The lowest BCUT2D eigenvalue weighted by molar-refractivity contribution is 0.449. The zero-order chi connectivity index (χ0) is 15.2. The van der Waals surface area contributed by atoms with Gasteiger partial charge in [-0.25, -0.2) is 9.37 Å². The molecule has 0 radical (unpaired) electrons. The Morgan fingerprint density at radius 1 is 1.29 bits per heavy atom. The van der Waals surface area contributed by atoms with Gasteiger partial charge in [-0.3, -0.25) is 0 Å². The number of hydrogen-bond acceptors (Lipinski definition) is 4. The molecule has 2 rings (SSSR count). The predicted molar refractivity (Wildman–Crippen MR) is 82.4 cm³/mol. The smallest absolute Gasteiger partial charge is 0.223 e. The van der Waals surface area contributed by atoms with Crippen molar-refractivity contribution in [3.63, 3.8) is 0 Å². The van der Waals surface area contributed by atoms with Crippen LogP contribution in [-0.2, 0) is 6.54 Å². The van der Waals surface area contributed by atoms with Crippen molar-refractivity contribution in [2.24, 2.45) is 0 Å². The molecule has 0 fully saturated rings. The van der Waals surface area contributed by atoms with Crippen LogP contribution in [0.4, 0.5) is 10.1 Å². The number of rotatable bonds is 6. The Hall–Kier alpha value is -2.14. The van der Waals surface area contributed by atoms with E-state index in [2.05, 4.69) is 10.3 Å². The van der Waals surface area contributed by atoms with Gasteiger partial charge in [-0.1, -0.05) is 13.0 Å². The Bertz CT molecular complexity index is 602. The molecule has 0 atom stereocenters. The van der Waals surface area contributed by atoms with Crippen LogP contribution in [0.15, 0.2) is 36.5 Å². The van der Waals surface area contributed by atoms with Crippen LogP contribution in [0.5, 0.6) is 11.6 Å². The highest BCUT2D eigenvalue weighted by atomic mass is 19.1. The molecule has 0 amide bonds. The van der Waals surface area contributed by atoms with Gasteiger partial charge < -0.3 is 15.0 Å². The molecule has 0 aliphatic carbocycles. The minimum absolute atomic E-state index is 0.364. The summed E-state index contributed by atoms with van der Waals surface area (Å²) in [7, 11) is 3.93. The van der Waals surface area contributed by atoms with Gasteiger partial charge in [0.25, 0.3) is 0 Å². The third kappa shape index (κ3) is 4.16. The summed E-state index contributed by atoms with van der Waals surface area (Å²) < 4.78 is 19.1. The summed E-state index contributed by atoms with van der Waals surface area (Å²) in [6.07, 6.45) is 1.17. The lowest BCUT2D eigenvalue weighted by Gasteiger charge is -2.15. The number of aromatic nitrogens is 1. The van der Waals surface area contributed by atoms with Crippen LogP contribution in [0.2, 0.25) is 0 Å². The molecule has 0 bridgehead atoms. The summed E-state index contributed by atoms with van der Waals surface area (Å²) in [5, 5.41) is 3.15. The highest BCUT2D eigenvalue weighted by Gasteiger charge is 2.09. The molecule has 1 aromatic carbocycles. The lowest BCUT2D eigenvalue weighted by atomic mass is 10.2. The number of halogens is 1. The summed E-state index contributed by atoms with van der Waals surface area (Å²) >= 11 is 0. The zero-order valence-electron chi connectivity index (χ0n) is 12.6. The van der Waals surface area contributed by atoms with Crippen molar-refractivity contribution in [1.29, 1.82) is 0 Å². The third-order valence-electron chi connectivity index (χ3n) is 3.01. The Balaban J connectivity index is 2.24. The molecule has 112 valence electrons. The molecule has 0 spiro atoms. The molecule has 4 nitrogen and oxygen atoms in total. The van der Waals surface area contributed by atoms with Gasteiger partial charge in [0.05, 0.1) is 6.20 Å². The first-order valence-corrected chi connectivity index (χ1v) is 6.90. The Morgan fingerprint density at radius 3 is 2.81 bits per heavy atom. The second kappa shape index (κ2) is 7.04. The van der Waals surface area contributed by atoms with Gasteiger partial charge in [0, 0.05) is 38.0 Å². The van der Waals surface area contributed by atoms with Crippen molar-refractivity contribution in [3.8, 4) is 11.6 Å². The van der Waals surface area contributed by atoms with E-state index in [0.29, 0.717) is 23.7 Å². The van der Waals surface area contributed by atoms with Crippen molar-refractivity contribution in [2.75, 3.05) is 25.5 Å². The first-order chi connectivity index (χ1) is 10.1. The maximum absolute atomic E-state index is 13.3. The first-order valence-electron chi connectivity index (χ1n) is 6.90. The monoisotopic (exact) mass is 289 g/mol. The van der Waals surface area contributed by atoms with E-state index in [1.807, 2.05) is 50.2 Å². The van der Waals surface area contributed by atoms with Crippen LogP contribution in [0.25, 0.3) is 0 Å². The average molecular weight is 289 g/mol. The zero-order valence-corrected chi connectivity index (χ0v) is 12.6. The van der Waals surface area contributed by atoms with E-state index >= 15 is 0 Å². The number of nitrogens with one attached hydrogen (secondary N) is 1. The maximum atomic E-state index is 13.3. The third-order valence-corrected chi connectivity index (χ3v) is 3.01. The van der Waals surface area contributed by atoms with E-state index in [1.165, 1.54) is 12.3 Å². The number of benzene rings is 1. The summed E-state index contributed by atoms with van der Waals surface area (Å²) in [6, 6.07) is 9.13. The van der Waals surface area contributed by atoms with Crippen LogP contribution in [0.1, 0.15) is 12.5 Å². The van der Waals surface area contributed by atoms with E-state index in [9.17, 15) is 4.39 Å². The van der Waals surface area contributed by atoms with Crippen LogP contribution in [0, 0.1) is 5.82 Å². The summed E-state index contributed by atoms with van der Waals surface area (Å²) in [4.78, 5) is 6.04. The van der Waals surface area contributed by atoms with Crippen molar-refractivity contribution in [3.05, 3.63) is 47.9 Å². The van der Waals surface area contributed by atoms with Gasteiger partial charge in [-0.15, -0.1) is 0 Å². The molecule has 0 aliphatic heterocycles. The number of nitrogens with zero attached hydrogens (tertiary/aromatic N) is 2. The molecular weight excluding hydrogens is 269 g/mol. The summed E-state index contributed by atoms with van der Waals surface area (Å²) in [6.45, 7) is 3.31. The van der Waals surface area contributed by atoms with Gasteiger partial charge >= 0.3 is 0 Å². The molecule has 1 aromatic heterocycles. The normalized spacial score (nSPS) is 10.5. The molecule has 0 aliphatic rings. The van der Waals surface area contributed by atoms with E-state index in [4.69, 9.17) is 4.74 Å². The second-order valence-corrected chi connectivity index (χ2v) is 4.89. The Morgan fingerprint density at radius 2 is 2.10 bits per heavy atom. The fourth-order valence-electron chi connectivity index (χ4n) is 1.88. The SMILES string of the molecule is CCNCc1cc(F)cnc1Oc1cccc(N(C)C)c1. The molecular formula is C16H20FN3O.